The molecule has 7 rings (SSSR count). The summed E-state index contributed by atoms with van der Waals surface area (Å²) in [4.78, 5) is 70.6. The van der Waals surface area contributed by atoms with E-state index < -0.39 is 115 Å². The van der Waals surface area contributed by atoms with E-state index in [-0.39, 0.29) is 16.8 Å². The molecule has 3 saturated heterocycles. The second kappa shape index (κ2) is 23.9. The van der Waals surface area contributed by atoms with Crippen molar-refractivity contribution in [3.05, 3.63) is 84.1 Å². The lowest BCUT2D eigenvalue weighted by Crippen LogP contribution is -2.63. The SMILES string of the molecule is COC(=O)NC(C(=O)N[C@@H](Cc1ccc(-c2cnc(N3CC4CCC(C3)N4C3COC3)nc2)cc1)[C@@H](O)CN(Cc1c(F)cc(-c2cn(C(F)F)cn2)cc1F)NC(=O)[C@@H](NC(=O)OC)C(C)(C)C(F)(F)F)C(C)(C)C(F)(F)F. The van der Waals surface area contributed by atoms with Crippen molar-refractivity contribution in [1.82, 2.24) is 50.8 Å². The number of nitrogens with zero attached hydrogens (tertiary/aromatic N) is 7. The summed E-state index contributed by atoms with van der Waals surface area (Å²) in [5.41, 5.74) is -4.26. The average Bonchev–Trinajstić information content (AvgIpc) is 4.20. The monoisotopic (exact) mass is 1130 g/mol. The molecule has 4 amide bonds. The summed E-state index contributed by atoms with van der Waals surface area (Å²) >= 11 is 0. The third kappa shape index (κ3) is 13.4. The van der Waals surface area contributed by atoms with Crippen molar-refractivity contribution >= 4 is 29.9 Å². The fourth-order valence-electron chi connectivity index (χ4n) is 9.60. The van der Waals surface area contributed by atoms with Crippen LogP contribution in [0.15, 0.2) is 61.3 Å². The Morgan fingerprint density at radius 2 is 1.29 bits per heavy atom. The Labute approximate surface area is 446 Å². The molecule has 5 N–H and O–H groups in total. The van der Waals surface area contributed by atoms with Gasteiger partial charge in [0.05, 0.1) is 68.5 Å². The number of ether oxygens (including phenoxy) is 3. The highest BCUT2D eigenvalue weighted by molar-refractivity contribution is 5.87. The lowest BCUT2D eigenvalue weighted by molar-refractivity contribution is -0.221. The number of hydrogen-bond acceptors (Lipinski definition) is 14. The second-order valence-electron chi connectivity index (χ2n) is 20.6. The Morgan fingerprint density at radius 1 is 0.759 bits per heavy atom. The van der Waals surface area contributed by atoms with Crippen LogP contribution in [0.5, 0.6) is 0 Å². The molecule has 5 heterocycles. The third-order valence-corrected chi connectivity index (χ3v) is 14.6. The Hall–Kier alpha value is -6.85. The number of carbonyl (C=O) groups excluding carboxylic acids is 4. The van der Waals surface area contributed by atoms with Gasteiger partial charge in [-0.15, -0.1) is 0 Å². The van der Waals surface area contributed by atoms with Crippen molar-refractivity contribution in [2.45, 2.75) is 115 Å². The zero-order valence-corrected chi connectivity index (χ0v) is 43.5. The Morgan fingerprint density at radius 3 is 1.76 bits per heavy atom. The quantitative estimate of drug-likeness (QED) is 0.0487. The third-order valence-electron chi connectivity index (χ3n) is 14.6. The molecule has 432 valence electrons. The predicted molar refractivity (Wildman–Crippen MR) is 260 cm³/mol. The highest BCUT2D eigenvalue weighted by atomic mass is 19.4. The fourth-order valence-corrected chi connectivity index (χ4v) is 9.60. The number of imidazole rings is 1. The van der Waals surface area contributed by atoms with Gasteiger partial charge in [-0.25, -0.2) is 38.3 Å². The molecule has 79 heavy (non-hydrogen) atoms. The first-order valence-corrected chi connectivity index (χ1v) is 24.7. The van der Waals surface area contributed by atoms with Crippen molar-refractivity contribution in [3.8, 4) is 22.4 Å². The maximum Gasteiger partial charge on any atom is 0.407 e. The molecule has 0 radical (unpaired) electrons. The largest absolute Gasteiger partial charge is 0.453 e. The first-order chi connectivity index (χ1) is 37.0. The van der Waals surface area contributed by atoms with E-state index in [0.29, 0.717) is 104 Å². The maximum atomic E-state index is 16.1. The summed E-state index contributed by atoms with van der Waals surface area (Å²) in [7, 11) is 1.61. The van der Waals surface area contributed by atoms with Crippen LogP contribution >= 0.6 is 0 Å². The van der Waals surface area contributed by atoms with Crippen LogP contribution < -0.4 is 26.3 Å². The molecule has 3 unspecified atom stereocenters. The van der Waals surface area contributed by atoms with Gasteiger partial charge in [0, 0.05) is 73.5 Å². The van der Waals surface area contributed by atoms with Crippen molar-refractivity contribution in [2.75, 3.05) is 52.0 Å². The number of alkyl halides is 8. The minimum absolute atomic E-state index is 0.287. The highest BCUT2D eigenvalue weighted by Crippen LogP contribution is 2.42. The van der Waals surface area contributed by atoms with Crippen LogP contribution in [-0.4, -0.2) is 160 Å². The molecule has 0 saturated carbocycles. The van der Waals surface area contributed by atoms with Gasteiger partial charge in [0.25, 0.3) is 5.91 Å². The number of piperazine rings is 1. The van der Waals surface area contributed by atoms with Crippen LogP contribution in [-0.2, 0) is 36.8 Å². The van der Waals surface area contributed by atoms with Gasteiger partial charge in [-0.05, 0) is 70.2 Å². The molecule has 2 bridgehead atoms. The van der Waals surface area contributed by atoms with Gasteiger partial charge in [0.15, 0.2) is 0 Å². The summed E-state index contributed by atoms with van der Waals surface area (Å²) in [6.07, 6.45) is -9.18. The van der Waals surface area contributed by atoms with Crippen molar-refractivity contribution in [3.63, 3.8) is 0 Å². The normalized spacial score (nSPS) is 18.8. The number of aliphatic hydroxyl groups is 1. The molecule has 4 aromatic rings. The number of aliphatic hydroxyl groups excluding tert-OH is 1. The summed E-state index contributed by atoms with van der Waals surface area (Å²) in [5.74, 6) is -5.53. The van der Waals surface area contributed by atoms with Crippen molar-refractivity contribution in [2.24, 2.45) is 10.8 Å². The second-order valence-corrected chi connectivity index (χ2v) is 20.6. The Bertz CT molecular complexity index is 2760. The maximum absolute atomic E-state index is 16.1. The number of rotatable bonds is 20. The molecule has 2 aromatic carbocycles. The number of amides is 4. The van der Waals surface area contributed by atoms with Gasteiger partial charge in [-0.3, -0.25) is 24.5 Å². The van der Waals surface area contributed by atoms with Crippen molar-refractivity contribution < 1.29 is 82.4 Å². The van der Waals surface area contributed by atoms with E-state index >= 15 is 8.78 Å². The van der Waals surface area contributed by atoms with Gasteiger partial charge in [-0.2, -0.15) is 35.1 Å². The summed E-state index contributed by atoms with van der Waals surface area (Å²) in [6.45, 7) is -0.153. The molecule has 2 aromatic heterocycles. The number of carbonyl (C=O) groups is 4. The molecule has 29 heteroatoms. The van der Waals surface area contributed by atoms with Gasteiger partial charge < -0.3 is 40.2 Å². The number of hydrogen-bond donors (Lipinski definition) is 5. The molecular weight excluding hydrogens is 1070 g/mol. The lowest BCUT2D eigenvalue weighted by Gasteiger charge is -2.47. The number of halogens is 10. The highest BCUT2D eigenvalue weighted by Gasteiger charge is 2.57. The number of anilines is 1. The van der Waals surface area contributed by atoms with Crippen LogP contribution in [0.2, 0.25) is 0 Å². The fraction of sp³-hybridized carbons (Fsp3) is 0.540. The number of alkyl carbamates (subject to hydrolysis) is 2. The van der Waals surface area contributed by atoms with Crippen LogP contribution in [0.3, 0.4) is 0 Å². The molecular formula is C50H59F10N11O8. The summed E-state index contributed by atoms with van der Waals surface area (Å²) in [5, 5.41) is 18.6. The molecule has 3 aliphatic heterocycles. The molecule has 0 aliphatic carbocycles. The summed E-state index contributed by atoms with van der Waals surface area (Å²) < 4.78 is 161. The molecule has 6 atom stereocenters. The lowest BCUT2D eigenvalue weighted by atomic mass is 9.82. The number of hydrazine groups is 1. The molecule has 3 fully saturated rings. The molecule has 19 nitrogen and oxygen atoms in total. The number of aromatic nitrogens is 4. The molecule has 0 spiro atoms. The van der Waals surface area contributed by atoms with E-state index in [1.54, 1.807) is 29.8 Å². The van der Waals surface area contributed by atoms with E-state index in [9.17, 15) is 59.4 Å². The average molecular weight is 1130 g/mol. The van der Waals surface area contributed by atoms with Gasteiger partial charge in [-0.1, -0.05) is 24.3 Å². The first-order valence-electron chi connectivity index (χ1n) is 24.7. The summed E-state index contributed by atoms with van der Waals surface area (Å²) in [6, 6.07) is 1.91. The van der Waals surface area contributed by atoms with Gasteiger partial charge in [0.2, 0.25) is 11.9 Å². The van der Waals surface area contributed by atoms with E-state index in [1.165, 1.54) is 12.1 Å². The zero-order valence-electron chi connectivity index (χ0n) is 43.5. The van der Waals surface area contributed by atoms with Gasteiger partial charge in [0.1, 0.15) is 23.7 Å². The standard InChI is InChI=1S/C50H59F10N11O8/c1-47(2,49(55,56)57)39(65-45(75)77-5)41(73)64-36(13-26-7-9-27(10-8-26)29-16-61-44(62-17-29)68-18-30-11-12-31(19-68)71(30)32-23-79-24-32)38(72)22-70(67-42(74)40(66-46(76)78-6)48(3,4)50(58,59)60)20-33-34(51)14-28(15-35(33)52)37-21-69(25-63-37)43(53)54/h7-10,14-17,21,25,30-32,36,38-40,43,72H,11-13,18-20,22-24H2,1-6H3,(H,64,73)(H,65,75)(H,66,76)(H,67,74)/t30?,31?,36-,38-,39?,40+/m0/s1. The van der Waals surface area contributed by atoms with E-state index in [1.807, 2.05) is 10.7 Å². The Kier molecular flexibility index (Phi) is 18.1. The molecule has 3 aliphatic rings. The van der Waals surface area contributed by atoms with Crippen LogP contribution in [0.4, 0.5) is 59.4 Å². The number of benzene rings is 2. The predicted octanol–water partition coefficient (Wildman–Crippen LogP) is 6.28. The van der Waals surface area contributed by atoms with Gasteiger partial charge >= 0.3 is 31.1 Å². The van der Waals surface area contributed by atoms with Crippen LogP contribution in [0, 0.1) is 22.5 Å². The van der Waals surface area contributed by atoms with Crippen molar-refractivity contribution in [1.29, 1.82) is 0 Å². The minimum Gasteiger partial charge on any atom is -0.453 e. The zero-order chi connectivity index (χ0) is 57.9. The van der Waals surface area contributed by atoms with E-state index in [4.69, 9.17) is 4.74 Å². The minimum atomic E-state index is -5.23. The Balaban J connectivity index is 1.20. The smallest absolute Gasteiger partial charge is 0.407 e. The number of fused-ring (bicyclic) bond motifs is 2. The topological polar surface area (TPSA) is 218 Å². The first kappa shape index (κ1) is 59.8. The van der Waals surface area contributed by atoms with E-state index in [2.05, 4.69) is 39.5 Å². The van der Waals surface area contributed by atoms with E-state index in [0.717, 1.165) is 46.3 Å². The number of methoxy groups -OCH3 is 2. The van der Waals surface area contributed by atoms with Crippen LogP contribution in [0.25, 0.3) is 22.4 Å². The number of nitrogens with one attached hydrogen (secondary N) is 4. The van der Waals surface area contributed by atoms with Crippen LogP contribution in [0.1, 0.15) is 58.2 Å².